The summed E-state index contributed by atoms with van der Waals surface area (Å²) in [5.74, 6) is 0.956. The Labute approximate surface area is 169 Å². The number of H-pyrrole nitrogens is 1. The van der Waals surface area contributed by atoms with Crippen molar-refractivity contribution in [2.75, 3.05) is 13.6 Å². The quantitative estimate of drug-likeness (QED) is 0.447. The number of hydrogen-bond donors (Lipinski definition) is 1. The van der Waals surface area contributed by atoms with Crippen molar-refractivity contribution in [1.82, 2.24) is 9.88 Å². The normalized spacial score (nSPS) is 11.9. The van der Waals surface area contributed by atoms with E-state index in [-0.39, 0.29) is 5.75 Å². The largest absolute Gasteiger partial charge is 0.435 e. The van der Waals surface area contributed by atoms with Crippen LogP contribution in [-0.2, 0) is 12.2 Å². The third-order valence-electron chi connectivity index (χ3n) is 4.91. The maximum Gasteiger partial charge on any atom is 0.387 e. The van der Waals surface area contributed by atoms with Crippen molar-refractivity contribution >= 4 is 22.7 Å². The molecule has 3 aromatic rings. The average Bonchev–Trinajstić information content (AvgIpc) is 3.08. The first-order chi connectivity index (χ1) is 13.4. The Bertz CT molecular complexity index is 893. The minimum atomic E-state index is -2.79. The molecule has 0 saturated heterocycles. The van der Waals surface area contributed by atoms with E-state index in [0.717, 1.165) is 29.8 Å². The van der Waals surface area contributed by atoms with Crippen LogP contribution in [0.1, 0.15) is 25.0 Å². The van der Waals surface area contributed by atoms with Gasteiger partial charge in [-0.3, -0.25) is 0 Å². The zero-order valence-electron chi connectivity index (χ0n) is 16.4. The van der Waals surface area contributed by atoms with Gasteiger partial charge in [0.15, 0.2) is 0 Å². The van der Waals surface area contributed by atoms with E-state index in [1.54, 1.807) is 23.9 Å². The highest BCUT2D eigenvalue weighted by molar-refractivity contribution is 7.98. The number of aromatic nitrogens is 1. The van der Waals surface area contributed by atoms with Crippen molar-refractivity contribution in [3.05, 3.63) is 59.8 Å². The number of nitrogens with one attached hydrogen (secondary N) is 1. The molecule has 150 valence electrons. The number of aromatic amines is 1. The molecule has 0 saturated carbocycles. The molecule has 0 aliphatic heterocycles. The number of rotatable bonds is 9. The molecule has 0 radical (unpaired) electrons. The lowest BCUT2D eigenvalue weighted by Crippen LogP contribution is -2.28. The first kappa shape index (κ1) is 20.7. The molecule has 1 heterocycles. The van der Waals surface area contributed by atoms with E-state index in [0.29, 0.717) is 6.04 Å². The molecule has 3 rings (SSSR count). The molecule has 0 fully saturated rings. The Balaban J connectivity index is 1.71. The number of likely N-dealkylation sites (N-methyl/N-ethyl adjacent to an activating group) is 1. The van der Waals surface area contributed by atoms with Gasteiger partial charge in [0, 0.05) is 40.3 Å². The van der Waals surface area contributed by atoms with E-state index in [2.05, 4.69) is 59.9 Å². The smallest absolute Gasteiger partial charge is 0.387 e. The van der Waals surface area contributed by atoms with Crippen molar-refractivity contribution in [1.29, 1.82) is 0 Å². The molecule has 0 aliphatic carbocycles. The SMILES string of the molecule is CC(C)N(C)CCc1c[nH]c2cccc(SCc3ccc(OC(F)F)cc3)c12. The first-order valence-electron chi connectivity index (χ1n) is 9.40. The van der Waals surface area contributed by atoms with Gasteiger partial charge in [-0.25, -0.2) is 0 Å². The summed E-state index contributed by atoms with van der Waals surface area (Å²) in [5.41, 5.74) is 3.54. The molecule has 6 heteroatoms. The number of benzene rings is 2. The number of nitrogens with zero attached hydrogens (tertiary/aromatic N) is 1. The van der Waals surface area contributed by atoms with Crippen LogP contribution in [0.15, 0.2) is 53.6 Å². The molecular weight excluding hydrogens is 378 g/mol. The predicted molar refractivity (Wildman–Crippen MR) is 112 cm³/mol. The number of thioether (sulfide) groups is 1. The Kier molecular flexibility index (Phi) is 6.97. The number of halogens is 2. The maximum atomic E-state index is 12.3. The van der Waals surface area contributed by atoms with Crippen LogP contribution in [0.2, 0.25) is 0 Å². The van der Waals surface area contributed by atoms with Gasteiger partial charge >= 0.3 is 6.61 Å². The highest BCUT2D eigenvalue weighted by Gasteiger charge is 2.11. The maximum absolute atomic E-state index is 12.3. The van der Waals surface area contributed by atoms with Gasteiger partial charge in [0.05, 0.1) is 0 Å². The standard InChI is InChI=1S/C22H26F2N2OS/c1-15(2)26(3)12-11-17-13-25-19-5-4-6-20(21(17)19)28-14-16-7-9-18(10-8-16)27-22(23)24/h4-10,13,15,22,25H,11-12,14H2,1-3H3. The number of hydrogen-bond acceptors (Lipinski definition) is 3. The number of ether oxygens (including phenoxy) is 1. The van der Waals surface area contributed by atoms with Crippen LogP contribution < -0.4 is 4.74 Å². The Morgan fingerprint density at radius 2 is 1.86 bits per heavy atom. The van der Waals surface area contributed by atoms with Gasteiger partial charge < -0.3 is 14.6 Å². The third-order valence-corrected chi connectivity index (χ3v) is 6.04. The Morgan fingerprint density at radius 3 is 2.54 bits per heavy atom. The van der Waals surface area contributed by atoms with E-state index in [1.807, 2.05) is 12.1 Å². The summed E-state index contributed by atoms with van der Waals surface area (Å²) in [6.07, 6.45) is 3.10. The fraction of sp³-hybridized carbons (Fsp3) is 0.364. The van der Waals surface area contributed by atoms with Crippen molar-refractivity contribution in [2.45, 2.75) is 43.6 Å². The molecule has 2 aromatic carbocycles. The van der Waals surface area contributed by atoms with E-state index in [9.17, 15) is 8.78 Å². The molecule has 0 bridgehead atoms. The van der Waals surface area contributed by atoms with Crippen LogP contribution >= 0.6 is 11.8 Å². The zero-order chi connectivity index (χ0) is 20.1. The molecule has 0 spiro atoms. The van der Waals surface area contributed by atoms with E-state index in [1.165, 1.54) is 15.8 Å². The van der Waals surface area contributed by atoms with Crippen molar-refractivity contribution in [3.8, 4) is 5.75 Å². The van der Waals surface area contributed by atoms with Gasteiger partial charge in [-0.05, 0) is 62.7 Å². The van der Waals surface area contributed by atoms with Crippen LogP contribution in [-0.4, -0.2) is 36.1 Å². The molecule has 3 nitrogen and oxygen atoms in total. The lowest BCUT2D eigenvalue weighted by atomic mass is 10.1. The fourth-order valence-electron chi connectivity index (χ4n) is 3.02. The van der Waals surface area contributed by atoms with Crippen LogP contribution in [0.3, 0.4) is 0 Å². The van der Waals surface area contributed by atoms with Crippen molar-refractivity contribution in [3.63, 3.8) is 0 Å². The summed E-state index contributed by atoms with van der Waals surface area (Å²) in [4.78, 5) is 6.96. The number of fused-ring (bicyclic) bond motifs is 1. The van der Waals surface area contributed by atoms with E-state index in [4.69, 9.17) is 0 Å². The summed E-state index contributed by atoms with van der Waals surface area (Å²) in [6.45, 7) is 2.62. The van der Waals surface area contributed by atoms with Gasteiger partial charge in [-0.2, -0.15) is 8.78 Å². The summed E-state index contributed by atoms with van der Waals surface area (Å²) >= 11 is 1.76. The minimum Gasteiger partial charge on any atom is -0.435 e. The third kappa shape index (κ3) is 5.26. The minimum absolute atomic E-state index is 0.188. The lowest BCUT2D eigenvalue weighted by molar-refractivity contribution is -0.0498. The van der Waals surface area contributed by atoms with Crippen molar-refractivity contribution in [2.24, 2.45) is 0 Å². The van der Waals surface area contributed by atoms with Crippen LogP contribution in [0.4, 0.5) is 8.78 Å². The fourth-order valence-corrected chi connectivity index (χ4v) is 4.10. The molecule has 0 aliphatic rings. The zero-order valence-corrected chi connectivity index (χ0v) is 17.2. The second kappa shape index (κ2) is 9.43. The van der Waals surface area contributed by atoms with E-state index >= 15 is 0 Å². The lowest BCUT2D eigenvalue weighted by Gasteiger charge is -2.20. The van der Waals surface area contributed by atoms with Gasteiger partial charge in [-0.15, -0.1) is 11.8 Å². The monoisotopic (exact) mass is 404 g/mol. The predicted octanol–water partition coefficient (Wildman–Crippen LogP) is 5.94. The average molecular weight is 405 g/mol. The summed E-state index contributed by atoms with van der Waals surface area (Å²) in [6, 6.07) is 13.7. The molecular formula is C22H26F2N2OS. The topological polar surface area (TPSA) is 28.3 Å². The first-order valence-corrected chi connectivity index (χ1v) is 10.4. The number of alkyl halides is 2. The second-order valence-electron chi connectivity index (χ2n) is 7.13. The molecule has 1 aromatic heterocycles. The molecule has 0 unspecified atom stereocenters. The molecule has 0 amide bonds. The van der Waals surface area contributed by atoms with E-state index < -0.39 is 6.61 Å². The van der Waals surface area contributed by atoms with Gasteiger partial charge in [-0.1, -0.05) is 18.2 Å². The molecule has 0 atom stereocenters. The molecule has 28 heavy (non-hydrogen) atoms. The van der Waals surface area contributed by atoms with Gasteiger partial charge in [0.2, 0.25) is 0 Å². The van der Waals surface area contributed by atoms with Gasteiger partial charge in [0.1, 0.15) is 5.75 Å². The van der Waals surface area contributed by atoms with Crippen LogP contribution in [0.5, 0.6) is 5.75 Å². The molecule has 1 N–H and O–H groups in total. The Hall–Kier alpha value is -2.05. The van der Waals surface area contributed by atoms with Crippen molar-refractivity contribution < 1.29 is 13.5 Å². The summed E-state index contributed by atoms with van der Waals surface area (Å²) in [7, 11) is 2.15. The second-order valence-corrected chi connectivity index (χ2v) is 8.15. The highest BCUT2D eigenvalue weighted by Crippen LogP contribution is 2.33. The van der Waals surface area contributed by atoms with Crippen LogP contribution in [0.25, 0.3) is 10.9 Å². The summed E-state index contributed by atoms with van der Waals surface area (Å²) in [5, 5.41) is 1.28. The highest BCUT2D eigenvalue weighted by atomic mass is 32.2. The summed E-state index contributed by atoms with van der Waals surface area (Å²) < 4.78 is 29.0. The Morgan fingerprint density at radius 1 is 1.11 bits per heavy atom. The van der Waals surface area contributed by atoms with Crippen LogP contribution in [0, 0.1) is 0 Å². The van der Waals surface area contributed by atoms with Gasteiger partial charge in [0.25, 0.3) is 0 Å².